The van der Waals surface area contributed by atoms with Crippen LogP contribution in [0.5, 0.6) is 0 Å². The number of hydrogen-bond acceptors (Lipinski definition) is 11. The average Bonchev–Trinajstić information content (AvgIpc) is 3.83. The number of nitrogens with zero attached hydrogens (tertiary/aromatic N) is 8. The molecule has 13 nitrogen and oxygen atoms in total. The number of thiazole rings is 1. The number of aromatic nitrogens is 7. The van der Waals surface area contributed by atoms with Gasteiger partial charge in [0.15, 0.2) is 5.82 Å². The number of hydrogen-bond donors (Lipinski definition) is 1. The molecule has 1 aliphatic heterocycles. The smallest absolute Gasteiger partial charge is 0.408 e. The van der Waals surface area contributed by atoms with Crippen LogP contribution in [0.1, 0.15) is 79.1 Å². The van der Waals surface area contributed by atoms with Crippen LogP contribution < -0.4 is 5.32 Å². The molecule has 0 spiro atoms. The fourth-order valence-electron chi connectivity index (χ4n) is 5.41. The van der Waals surface area contributed by atoms with E-state index >= 15 is 0 Å². The van der Waals surface area contributed by atoms with Crippen molar-refractivity contribution in [1.29, 1.82) is 0 Å². The highest BCUT2D eigenvalue weighted by Gasteiger charge is 2.37. The first-order valence-corrected chi connectivity index (χ1v) is 15.8. The summed E-state index contributed by atoms with van der Waals surface area (Å²) in [7, 11) is 0. The van der Waals surface area contributed by atoms with Crippen molar-refractivity contribution in [2.45, 2.75) is 71.1 Å². The zero-order valence-corrected chi connectivity index (χ0v) is 27.1. The third kappa shape index (κ3) is 6.81. The molecule has 46 heavy (non-hydrogen) atoms. The fraction of sp³-hybridized carbons (Fsp3) is 0.375. The van der Waals surface area contributed by atoms with Gasteiger partial charge in [0.2, 0.25) is 5.89 Å². The van der Waals surface area contributed by atoms with E-state index in [-0.39, 0.29) is 29.4 Å². The molecule has 0 aliphatic carbocycles. The van der Waals surface area contributed by atoms with Gasteiger partial charge in [0.05, 0.1) is 6.04 Å². The Morgan fingerprint density at radius 2 is 1.91 bits per heavy atom. The number of ether oxygens (including phenoxy) is 1. The standard InChI is InChI=1S/C32H35N9O4S/c1-20-17-46-27(35-20)24-12-9-13-40(24)28(42)22-14-23(36-25(15-22)41-19-33-18-34-41)26-38-39-29(44-26)32(5,16-21-10-7-6-8-11-21)37-30(43)45-31(2,3)4/h6-8,10-11,14-15,17-19,24H,9,12-13,16H2,1-5H3,(H,37,43)/t24-,32-/m1/s1. The molecule has 1 N–H and O–H groups in total. The third-order valence-corrected chi connectivity index (χ3v) is 8.51. The molecule has 14 heteroatoms. The van der Waals surface area contributed by atoms with Crippen molar-refractivity contribution in [2.24, 2.45) is 0 Å². The summed E-state index contributed by atoms with van der Waals surface area (Å²) in [6.07, 6.45) is 4.32. The zero-order chi connectivity index (χ0) is 32.5. The molecule has 1 aromatic carbocycles. The van der Waals surface area contributed by atoms with Crippen LogP contribution in [-0.2, 0) is 16.7 Å². The van der Waals surface area contributed by atoms with Crippen LogP contribution in [0.2, 0.25) is 0 Å². The van der Waals surface area contributed by atoms with Gasteiger partial charge in [-0.05, 0) is 65.2 Å². The van der Waals surface area contributed by atoms with Gasteiger partial charge in [0, 0.05) is 29.6 Å². The number of likely N-dealkylation sites (tertiary alicyclic amines) is 1. The maximum atomic E-state index is 14.0. The van der Waals surface area contributed by atoms with Crippen LogP contribution in [0.3, 0.4) is 0 Å². The maximum Gasteiger partial charge on any atom is 0.408 e. The molecule has 0 bridgehead atoms. The van der Waals surface area contributed by atoms with Gasteiger partial charge < -0.3 is 19.4 Å². The summed E-state index contributed by atoms with van der Waals surface area (Å²) < 4.78 is 13.3. The molecule has 2 amide bonds. The van der Waals surface area contributed by atoms with E-state index in [1.165, 1.54) is 17.3 Å². The molecular weight excluding hydrogens is 606 g/mol. The van der Waals surface area contributed by atoms with Crippen molar-refractivity contribution in [2.75, 3.05) is 6.54 Å². The molecule has 1 saturated heterocycles. The van der Waals surface area contributed by atoms with Gasteiger partial charge in [0.25, 0.3) is 11.8 Å². The van der Waals surface area contributed by atoms with E-state index in [4.69, 9.17) is 14.1 Å². The van der Waals surface area contributed by atoms with Crippen LogP contribution in [0.25, 0.3) is 17.4 Å². The number of nitrogens with one attached hydrogen (secondary N) is 1. The minimum Gasteiger partial charge on any atom is -0.444 e. The first-order valence-electron chi connectivity index (χ1n) is 15.0. The number of amides is 2. The van der Waals surface area contributed by atoms with E-state index in [2.05, 4.69) is 30.6 Å². The van der Waals surface area contributed by atoms with E-state index in [1.54, 1.807) is 51.2 Å². The Kier molecular flexibility index (Phi) is 8.38. The summed E-state index contributed by atoms with van der Waals surface area (Å²) >= 11 is 1.56. The highest BCUT2D eigenvalue weighted by molar-refractivity contribution is 7.09. The molecular formula is C32H35N9O4S. The maximum absolute atomic E-state index is 14.0. The Hall–Kier alpha value is -4.98. The topological polar surface area (TPSA) is 154 Å². The number of carbonyl (C=O) groups excluding carboxylic acids is 2. The molecule has 0 saturated carbocycles. The van der Waals surface area contributed by atoms with Gasteiger partial charge in [-0.1, -0.05) is 30.3 Å². The van der Waals surface area contributed by atoms with Crippen LogP contribution in [0.15, 0.2) is 64.9 Å². The van der Waals surface area contributed by atoms with E-state index in [1.807, 2.05) is 47.5 Å². The van der Waals surface area contributed by atoms with Gasteiger partial charge in [-0.2, -0.15) is 5.10 Å². The van der Waals surface area contributed by atoms with Crippen molar-refractivity contribution in [3.8, 4) is 17.4 Å². The molecule has 238 valence electrons. The van der Waals surface area contributed by atoms with Gasteiger partial charge in [-0.25, -0.2) is 24.4 Å². The summed E-state index contributed by atoms with van der Waals surface area (Å²) in [5.74, 6) is 0.417. The lowest BCUT2D eigenvalue weighted by Gasteiger charge is -2.29. The van der Waals surface area contributed by atoms with Crippen molar-refractivity contribution < 1.29 is 18.7 Å². The van der Waals surface area contributed by atoms with E-state index in [0.717, 1.165) is 29.1 Å². The van der Waals surface area contributed by atoms with Crippen molar-refractivity contribution in [3.63, 3.8) is 0 Å². The SMILES string of the molecule is Cc1csc([C@H]2CCCN2C(=O)c2cc(-c3nnc([C@@](C)(Cc4ccccc4)NC(=O)OC(C)(C)C)o3)nc(-n3cncn3)c2)n1. The number of benzene rings is 1. The summed E-state index contributed by atoms with van der Waals surface area (Å²) in [4.78, 5) is 42.3. The van der Waals surface area contributed by atoms with E-state index in [0.29, 0.717) is 24.3 Å². The predicted molar refractivity (Wildman–Crippen MR) is 169 cm³/mol. The predicted octanol–water partition coefficient (Wildman–Crippen LogP) is 5.44. The summed E-state index contributed by atoms with van der Waals surface area (Å²) in [6.45, 7) is 9.73. The summed E-state index contributed by atoms with van der Waals surface area (Å²) in [5, 5.41) is 18.7. The van der Waals surface area contributed by atoms with Gasteiger partial charge in [-0.15, -0.1) is 21.5 Å². The summed E-state index contributed by atoms with van der Waals surface area (Å²) in [5.41, 5.74) is 0.692. The van der Waals surface area contributed by atoms with Gasteiger partial charge >= 0.3 is 6.09 Å². The van der Waals surface area contributed by atoms with Crippen LogP contribution >= 0.6 is 11.3 Å². The largest absolute Gasteiger partial charge is 0.444 e. The second-order valence-corrected chi connectivity index (χ2v) is 13.3. The molecule has 0 radical (unpaired) electrons. The Morgan fingerprint density at radius 1 is 1.11 bits per heavy atom. The normalized spacial score (nSPS) is 16.3. The van der Waals surface area contributed by atoms with Gasteiger partial charge in [0.1, 0.15) is 34.5 Å². The molecule has 4 aromatic heterocycles. The Labute approximate surface area is 270 Å². The first-order chi connectivity index (χ1) is 22.0. The fourth-order valence-corrected chi connectivity index (χ4v) is 6.35. The third-order valence-electron chi connectivity index (χ3n) is 7.44. The quantitative estimate of drug-likeness (QED) is 0.232. The van der Waals surface area contributed by atoms with Crippen molar-refractivity contribution >= 4 is 23.3 Å². The number of pyridine rings is 1. The number of rotatable bonds is 8. The van der Waals surface area contributed by atoms with Crippen LogP contribution in [0, 0.1) is 6.92 Å². The molecule has 0 unspecified atom stereocenters. The highest BCUT2D eigenvalue weighted by Crippen LogP contribution is 2.35. The molecule has 5 aromatic rings. The first kappa shape index (κ1) is 31.0. The number of aryl methyl sites for hydroxylation is 1. The molecule has 1 fully saturated rings. The zero-order valence-electron chi connectivity index (χ0n) is 26.3. The minimum atomic E-state index is -1.13. The molecule has 2 atom stereocenters. The lowest BCUT2D eigenvalue weighted by Crippen LogP contribution is -2.47. The molecule has 1 aliphatic rings. The Bertz CT molecular complexity index is 1830. The molecule has 6 rings (SSSR count). The molecule has 5 heterocycles. The second-order valence-electron chi connectivity index (χ2n) is 12.5. The van der Waals surface area contributed by atoms with Crippen LogP contribution in [0.4, 0.5) is 4.79 Å². The Balaban J connectivity index is 1.36. The van der Waals surface area contributed by atoms with E-state index in [9.17, 15) is 9.59 Å². The lowest BCUT2D eigenvalue weighted by molar-refractivity contribution is 0.0443. The van der Waals surface area contributed by atoms with Crippen molar-refractivity contribution in [1.82, 2.24) is 45.1 Å². The second kappa shape index (κ2) is 12.4. The van der Waals surface area contributed by atoms with Gasteiger partial charge in [-0.3, -0.25) is 4.79 Å². The monoisotopic (exact) mass is 641 g/mol. The van der Waals surface area contributed by atoms with Crippen molar-refractivity contribution in [3.05, 3.63) is 88.2 Å². The summed E-state index contributed by atoms with van der Waals surface area (Å²) in [6, 6.07) is 12.9. The highest BCUT2D eigenvalue weighted by atomic mass is 32.1. The number of alkyl carbamates (subject to hydrolysis) is 1. The van der Waals surface area contributed by atoms with Crippen LogP contribution in [-0.4, -0.2) is 64.0 Å². The minimum absolute atomic E-state index is 0.0739. The Morgan fingerprint density at radius 3 is 2.61 bits per heavy atom. The van der Waals surface area contributed by atoms with E-state index < -0.39 is 17.2 Å². The number of carbonyl (C=O) groups is 2. The average molecular weight is 642 g/mol. The lowest BCUT2D eigenvalue weighted by atomic mass is 9.92.